The molecular formula is C11H11Cl2F2NO. The molecule has 1 rings (SSSR count). The molecule has 17 heavy (non-hydrogen) atoms. The number of rotatable bonds is 5. The topological polar surface area (TPSA) is 20.3 Å². The molecule has 0 unspecified atom stereocenters. The van der Waals surface area contributed by atoms with Gasteiger partial charge in [0.15, 0.2) is 0 Å². The van der Waals surface area contributed by atoms with Crippen molar-refractivity contribution in [3.05, 3.63) is 35.4 Å². The van der Waals surface area contributed by atoms with Gasteiger partial charge in [-0.15, -0.1) is 23.2 Å². The third-order valence-electron chi connectivity index (χ3n) is 2.11. The van der Waals surface area contributed by atoms with E-state index in [4.69, 9.17) is 23.2 Å². The fourth-order valence-corrected chi connectivity index (χ4v) is 1.79. The number of hydrogen-bond donors (Lipinski definition) is 0. The zero-order valence-electron chi connectivity index (χ0n) is 8.93. The van der Waals surface area contributed by atoms with Crippen LogP contribution in [-0.4, -0.2) is 35.7 Å². The first kappa shape index (κ1) is 14.2. The lowest BCUT2D eigenvalue weighted by Gasteiger charge is -2.20. The van der Waals surface area contributed by atoms with E-state index in [1.54, 1.807) is 0 Å². The molecule has 1 amide bonds. The Morgan fingerprint density at radius 1 is 1.06 bits per heavy atom. The summed E-state index contributed by atoms with van der Waals surface area (Å²) in [6, 6.07) is 2.69. The zero-order valence-corrected chi connectivity index (χ0v) is 10.4. The van der Waals surface area contributed by atoms with Gasteiger partial charge in [0, 0.05) is 36.5 Å². The van der Waals surface area contributed by atoms with Crippen molar-refractivity contribution in [1.29, 1.82) is 0 Å². The van der Waals surface area contributed by atoms with Crippen LogP contribution in [0.5, 0.6) is 0 Å². The van der Waals surface area contributed by atoms with Gasteiger partial charge in [0.1, 0.15) is 11.6 Å². The van der Waals surface area contributed by atoms with Crippen LogP contribution in [0.4, 0.5) is 8.78 Å². The summed E-state index contributed by atoms with van der Waals surface area (Å²) in [6.45, 7) is 0.566. The maximum absolute atomic E-state index is 13.0. The maximum atomic E-state index is 13.0. The van der Waals surface area contributed by atoms with Crippen LogP contribution >= 0.6 is 23.2 Å². The number of amides is 1. The van der Waals surface area contributed by atoms with Crippen LogP contribution in [-0.2, 0) is 0 Å². The fourth-order valence-electron chi connectivity index (χ4n) is 1.38. The fraction of sp³-hybridized carbons (Fsp3) is 0.364. The van der Waals surface area contributed by atoms with Crippen LogP contribution < -0.4 is 0 Å². The minimum Gasteiger partial charge on any atom is -0.336 e. The monoisotopic (exact) mass is 281 g/mol. The molecule has 94 valence electrons. The number of halogens is 4. The molecule has 0 saturated carbocycles. The molecule has 0 aliphatic rings. The van der Waals surface area contributed by atoms with E-state index in [0.29, 0.717) is 6.07 Å². The Morgan fingerprint density at radius 2 is 1.53 bits per heavy atom. The van der Waals surface area contributed by atoms with Crippen molar-refractivity contribution in [3.63, 3.8) is 0 Å². The van der Waals surface area contributed by atoms with Gasteiger partial charge < -0.3 is 4.90 Å². The van der Waals surface area contributed by atoms with Gasteiger partial charge in [-0.1, -0.05) is 0 Å². The third kappa shape index (κ3) is 4.13. The molecule has 0 N–H and O–H groups in total. The number of carbonyl (C=O) groups excluding carboxylic acids is 1. The zero-order chi connectivity index (χ0) is 12.8. The van der Waals surface area contributed by atoms with Crippen LogP contribution in [0.15, 0.2) is 18.2 Å². The SMILES string of the molecule is O=C(c1cc(F)cc(F)c1)N(CCCl)CCCl. The second kappa shape index (κ2) is 6.77. The van der Waals surface area contributed by atoms with Crippen molar-refractivity contribution in [2.45, 2.75) is 0 Å². The average Bonchev–Trinajstić information content (AvgIpc) is 2.26. The molecule has 0 aliphatic heterocycles. The molecule has 0 atom stereocenters. The van der Waals surface area contributed by atoms with Crippen molar-refractivity contribution in [1.82, 2.24) is 4.90 Å². The summed E-state index contributed by atoms with van der Waals surface area (Å²) in [7, 11) is 0. The van der Waals surface area contributed by atoms with Gasteiger partial charge in [-0.25, -0.2) is 8.78 Å². The van der Waals surface area contributed by atoms with Crippen LogP contribution in [0.3, 0.4) is 0 Å². The van der Waals surface area contributed by atoms with Gasteiger partial charge in [-0.05, 0) is 12.1 Å². The summed E-state index contributed by atoms with van der Waals surface area (Å²) >= 11 is 11.1. The standard InChI is InChI=1S/C11H11Cl2F2NO/c12-1-3-16(4-2-13)11(17)8-5-9(14)7-10(15)6-8/h5-7H,1-4H2. The smallest absolute Gasteiger partial charge is 0.254 e. The molecule has 6 heteroatoms. The van der Waals surface area contributed by atoms with E-state index in [2.05, 4.69) is 0 Å². The van der Waals surface area contributed by atoms with E-state index in [9.17, 15) is 13.6 Å². The molecule has 0 saturated heterocycles. The van der Waals surface area contributed by atoms with E-state index >= 15 is 0 Å². The predicted octanol–water partition coefficient (Wildman–Crippen LogP) is 2.88. The minimum absolute atomic E-state index is 0.0438. The van der Waals surface area contributed by atoms with Gasteiger partial charge in [-0.2, -0.15) is 0 Å². The number of benzene rings is 1. The van der Waals surface area contributed by atoms with Crippen LogP contribution in [0.25, 0.3) is 0 Å². The first-order valence-corrected chi connectivity index (χ1v) is 6.02. The second-order valence-electron chi connectivity index (χ2n) is 3.33. The van der Waals surface area contributed by atoms with Crippen LogP contribution in [0.1, 0.15) is 10.4 Å². The van der Waals surface area contributed by atoms with E-state index in [-0.39, 0.29) is 30.4 Å². The molecule has 0 fully saturated rings. The lowest BCUT2D eigenvalue weighted by Crippen LogP contribution is -2.34. The van der Waals surface area contributed by atoms with Crippen molar-refractivity contribution >= 4 is 29.1 Å². The first-order chi connectivity index (χ1) is 8.08. The summed E-state index contributed by atoms with van der Waals surface area (Å²) < 4.78 is 25.9. The molecule has 0 spiro atoms. The van der Waals surface area contributed by atoms with Gasteiger partial charge in [-0.3, -0.25) is 4.79 Å². The normalized spacial score (nSPS) is 10.4. The lowest BCUT2D eigenvalue weighted by molar-refractivity contribution is 0.0774. The number of carbonyl (C=O) groups is 1. The molecule has 2 nitrogen and oxygen atoms in total. The van der Waals surface area contributed by atoms with Crippen molar-refractivity contribution in [2.75, 3.05) is 24.8 Å². The molecule has 1 aromatic rings. The Labute approximate surface area is 108 Å². The number of hydrogen-bond acceptors (Lipinski definition) is 1. The Balaban J connectivity index is 2.92. The Morgan fingerprint density at radius 3 is 1.94 bits per heavy atom. The highest BCUT2D eigenvalue weighted by atomic mass is 35.5. The van der Waals surface area contributed by atoms with Gasteiger partial charge >= 0.3 is 0 Å². The largest absolute Gasteiger partial charge is 0.336 e. The quantitative estimate of drug-likeness (QED) is 0.760. The van der Waals surface area contributed by atoms with Crippen LogP contribution in [0, 0.1) is 11.6 Å². The summed E-state index contributed by atoms with van der Waals surface area (Å²) in [6.07, 6.45) is 0. The Kier molecular flexibility index (Phi) is 5.65. The van der Waals surface area contributed by atoms with Crippen molar-refractivity contribution < 1.29 is 13.6 Å². The number of nitrogens with zero attached hydrogens (tertiary/aromatic N) is 1. The summed E-state index contributed by atoms with van der Waals surface area (Å²) in [5.41, 5.74) is -0.0438. The molecule has 1 aromatic carbocycles. The van der Waals surface area contributed by atoms with Crippen molar-refractivity contribution in [3.8, 4) is 0 Å². The molecular weight excluding hydrogens is 271 g/mol. The molecule has 0 radical (unpaired) electrons. The predicted molar refractivity (Wildman–Crippen MR) is 63.7 cm³/mol. The Hall–Kier alpha value is -0.870. The van der Waals surface area contributed by atoms with Crippen LogP contribution in [0.2, 0.25) is 0 Å². The highest BCUT2D eigenvalue weighted by Crippen LogP contribution is 2.11. The third-order valence-corrected chi connectivity index (χ3v) is 2.44. The number of alkyl halides is 2. The van der Waals surface area contributed by atoms with E-state index < -0.39 is 17.5 Å². The van der Waals surface area contributed by atoms with Gasteiger partial charge in [0.05, 0.1) is 0 Å². The highest BCUT2D eigenvalue weighted by molar-refractivity contribution is 6.18. The molecule has 0 bridgehead atoms. The lowest BCUT2D eigenvalue weighted by atomic mass is 10.2. The average molecular weight is 282 g/mol. The van der Waals surface area contributed by atoms with E-state index in [0.717, 1.165) is 12.1 Å². The Bertz CT molecular complexity index is 375. The summed E-state index contributed by atoms with van der Waals surface area (Å²) in [5.74, 6) is -1.58. The van der Waals surface area contributed by atoms with Crippen molar-refractivity contribution in [2.24, 2.45) is 0 Å². The summed E-state index contributed by atoms with van der Waals surface area (Å²) in [4.78, 5) is 13.3. The second-order valence-corrected chi connectivity index (χ2v) is 4.08. The highest BCUT2D eigenvalue weighted by Gasteiger charge is 2.16. The maximum Gasteiger partial charge on any atom is 0.254 e. The van der Waals surface area contributed by atoms with Gasteiger partial charge in [0.2, 0.25) is 0 Å². The minimum atomic E-state index is -0.787. The van der Waals surface area contributed by atoms with E-state index in [1.165, 1.54) is 4.90 Å². The summed E-state index contributed by atoms with van der Waals surface area (Å²) in [5, 5.41) is 0. The molecule has 0 heterocycles. The first-order valence-electron chi connectivity index (χ1n) is 4.95. The molecule has 0 aromatic heterocycles. The van der Waals surface area contributed by atoms with E-state index in [1.807, 2.05) is 0 Å². The molecule has 0 aliphatic carbocycles. The van der Waals surface area contributed by atoms with Gasteiger partial charge in [0.25, 0.3) is 5.91 Å².